The number of non-ortho nitro benzene ring substituents is 1. The van der Waals surface area contributed by atoms with Crippen LogP contribution in [-0.4, -0.2) is 59.2 Å². The highest BCUT2D eigenvalue weighted by Crippen LogP contribution is 2.20. The van der Waals surface area contributed by atoms with Crippen LogP contribution in [0.1, 0.15) is 75.9 Å². The number of unbranched alkanes of at least 4 members (excludes halogenated alkanes) is 8. The summed E-state index contributed by atoms with van der Waals surface area (Å²) in [5.74, 6) is -0.207. The minimum absolute atomic E-state index is 0.0788. The number of carbonyl (C=O) groups is 1. The molecule has 2 atom stereocenters. The fourth-order valence-electron chi connectivity index (χ4n) is 3.48. The SMILES string of the molecule is CN(C)CCCCCCCCCCCC(=O)N[C@H](CO)[C@H](O)c1ccc([N+](=O)[O-])cc1. The van der Waals surface area contributed by atoms with Gasteiger partial charge in [0, 0.05) is 18.6 Å². The lowest BCUT2D eigenvalue weighted by Crippen LogP contribution is -2.41. The summed E-state index contributed by atoms with van der Waals surface area (Å²) in [5.41, 5.74) is 0.330. The van der Waals surface area contributed by atoms with Crippen molar-refractivity contribution in [3.05, 3.63) is 39.9 Å². The van der Waals surface area contributed by atoms with E-state index in [2.05, 4.69) is 24.3 Å². The first-order valence-electron chi connectivity index (χ1n) is 11.3. The minimum atomic E-state index is -1.13. The largest absolute Gasteiger partial charge is 0.394 e. The molecule has 0 saturated heterocycles. The first-order chi connectivity index (χ1) is 14.8. The molecule has 1 rings (SSSR count). The number of benzene rings is 1. The Morgan fingerprint density at radius 3 is 2.00 bits per heavy atom. The van der Waals surface area contributed by atoms with Crippen LogP contribution in [0.5, 0.6) is 0 Å². The average molecular weight is 438 g/mol. The Balaban J connectivity index is 2.17. The highest BCUT2D eigenvalue weighted by Gasteiger charge is 2.22. The van der Waals surface area contributed by atoms with Crippen molar-refractivity contribution in [1.82, 2.24) is 10.2 Å². The lowest BCUT2D eigenvalue weighted by molar-refractivity contribution is -0.384. The molecule has 0 fully saturated rings. The summed E-state index contributed by atoms with van der Waals surface area (Å²) in [6.07, 6.45) is 9.63. The van der Waals surface area contributed by atoms with E-state index in [0.717, 1.165) is 25.8 Å². The maximum absolute atomic E-state index is 12.1. The molecular weight excluding hydrogens is 398 g/mol. The Morgan fingerprint density at radius 2 is 1.52 bits per heavy atom. The molecule has 0 aliphatic carbocycles. The van der Waals surface area contributed by atoms with Gasteiger partial charge in [0.15, 0.2) is 0 Å². The molecule has 0 bridgehead atoms. The van der Waals surface area contributed by atoms with E-state index in [9.17, 15) is 25.1 Å². The number of carbonyl (C=O) groups excluding carboxylic acids is 1. The van der Waals surface area contributed by atoms with E-state index in [-0.39, 0.29) is 11.6 Å². The van der Waals surface area contributed by atoms with Gasteiger partial charge in [-0.05, 0) is 51.2 Å². The van der Waals surface area contributed by atoms with E-state index >= 15 is 0 Å². The van der Waals surface area contributed by atoms with Crippen LogP contribution in [0.2, 0.25) is 0 Å². The van der Waals surface area contributed by atoms with Gasteiger partial charge in [0.1, 0.15) is 6.10 Å². The van der Waals surface area contributed by atoms with Gasteiger partial charge in [-0.2, -0.15) is 0 Å². The Hall–Kier alpha value is -2.03. The molecule has 31 heavy (non-hydrogen) atoms. The molecule has 0 aliphatic rings. The molecule has 1 amide bonds. The lowest BCUT2D eigenvalue weighted by Gasteiger charge is -2.22. The van der Waals surface area contributed by atoms with Crippen LogP contribution in [0.25, 0.3) is 0 Å². The maximum Gasteiger partial charge on any atom is 0.269 e. The van der Waals surface area contributed by atoms with Crippen molar-refractivity contribution in [2.75, 3.05) is 27.2 Å². The van der Waals surface area contributed by atoms with Gasteiger partial charge in [0.25, 0.3) is 5.69 Å². The number of aliphatic hydroxyl groups excluding tert-OH is 2. The second kappa shape index (κ2) is 15.7. The molecule has 0 aliphatic heterocycles. The summed E-state index contributed by atoms with van der Waals surface area (Å²) in [5, 5.41) is 33.3. The number of amides is 1. The zero-order valence-electron chi connectivity index (χ0n) is 19.0. The number of nitro groups is 1. The normalized spacial score (nSPS) is 13.2. The number of rotatable bonds is 17. The van der Waals surface area contributed by atoms with Crippen LogP contribution in [0.4, 0.5) is 5.69 Å². The Bertz CT molecular complexity index is 637. The molecule has 0 spiro atoms. The molecule has 1 aromatic carbocycles. The molecule has 0 aromatic heterocycles. The van der Waals surface area contributed by atoms with Crippen LogP contribution in [0, 0.1) is 10.1 Å². The van der Waals surface area contributed by atoms with Gasteiger partial charge >= 0.3 is 0 Å². The summed E-state index contributed by atoms with van der Waals surface area (Å²) in [7, 11) is 4.21. The van der Waals surface area contributed by atoms with E-state index in [1.807, 2.05) is 0 Å². The van der Waals surface area contributed by atoms with Crippen molar-refractivity contribution >= 4 is 11.6 Å². The fraction of sp³-hybridized carbons (Fsp3) is 0.696. The predicted molar refractivity (Wildman–Crippen MR) is 122 cm³/mol. The quantitative estimate of drug-likeness (QED) is 0.195. The van der Waals surface area contributed by atoms with Gasteiger partial charge in [-0.3, -0.25) is 14.9 Å². The molecule has 0 heterocycles. The summed E-state index contributed by atoms with van der Waals surface area (Å²) in [4.78, 5) is 24.6. The van der Waals surface area contributed by atoms with E-state index in [4.69, 9.17) is 0 Å². The topological polar surface area (TPSA) is 116 Å². The van der Waals surface area contributed by atoms with Crippen LogP contribution < -0.4 is 5.32 Å². The molecule has 3 N–H and O–H groups in total. The maximum atomic E-state index is 12.1. The number of hydrogen-bond acceptors (Lipinski definition) is 6. The second-order valence-electron chi connectivity index (χ2n) is 8.39. The predicted octanol–water partition coefficient (Wildman–Crippen LogP) is 3.57. The zero-order chi connectivity index (χ0) is 23.1. The number of aliphatic hydroxyl groups is 2. The third-order valence-corrected chi connectivity index (χ3v) is 5.38. The van der Waals surface area contributed by atoms with Gasteiger partial charge in [0.05, 0.1) is 17.6 Å². The molecular formula is C23H39N3O5. The Morgan fingerprint density at radius 1 is 1.00 bits per heavy atom. The second-order valence-corrected chi connectivity index (χ2v) is 8.39. The van der Waals surface area contributed by atoms with Crippen LogP contribution >= 0.6 is 0 Å². The minimum Gasteiger partial charge on any atom is -0.394 e. The molecule has 176 valence electrons. The summed E-state index contributed by atoms with van der Waals surface area (Å²) < 4.78 is 0. The van der Waals surface area contributed by atoms with Crippen molar-refractivity contribution in [2.45, 2.75) is 76.4 Å². The van der Waals surface area contributed by atoms with Gasteiger partial charge in [-0.1, -0.05) is 44.9 Å². The third-order valence-electron chi connectivity index (χ3n) is 5.38. The summed E-state index contributed by atoms with van der Waals surface area (Å²) >= 11 is 0. The molecule has 0 radical (unpaired) electrons. The zero-order valence-corrected chi connectivity index (χ0v) is 19.0. The molecule has 8 heteroatoms. The van der Waals surface area contributed by atoms with Crippen LogP contribution in [0.3, 0.4) is 0 Å². The van der Waals surface area contributed by atoms with Crippen LogP contribution in [0.15, 0.2) is 24.3 Å². The number of nitro benzene ring substituents is 1. The molecule has 1 aromatic rings. The fourth-order valence-corrected chi connectivity index (χ4v) is 3.48. The van der Waals surface area contributed by atoms with Gasteiger partial charge in [0.2, 0.25) is 5.91 Å². The highest BCUT2D eigenvalue weighted by atomic mass is 16.6. The Kier molecular flexibility index (Phi) is 13.7. The average Bonchev–Trinajstić information content (AvgIpc) is 2.75. The monoisotopic (exact) mass is 437 g/mol. The van der Waals surface area contributed by atoms with Gasteiger partial charge in [-0.15, -0.1) is 0 Å². The van der Waals surface area contributed by atoms with Crippen molar-refractivity contribution < 1.29 is 19.9 Å². The third kappa shape index (κ3) is 11.8. The van der Waals surface area contributed by atoms with Crippen molar-refractivity contribution in [1.29, 1.82) is 0 Å². The van der Waals surface area contributed by atoms with E-state index in [1.165, 1.54) is 62.8 Å². The number of hydrogen-bond donors (Lipinski definition) is 3. The molecule has 8 nitrogen and oxygen atoms in total. The first-order valence-corrected chi connectivity index (χ1v) is 11.3. The van der Waals surface area contributed by atoms with Crippen LogP contribution in [-0.2, 0) is 4.79 Å². The number of nitrogens with zero attached hydrogens (tertiary/aromatic N) is 2. The van der Waals surface area contributed by atoms with E-state index in [1.54, 1.807) is 0 Å². The van der Waals surface area contributed by atoms with E-state index in [0.29, 0.717) is 12.0 Å². The Labute approximate surface area is 185 Å². The molecule has 0 unspecified atom stereocenters. The smallest absolute Gasteiger partial charge is 0.269 e. The lowest BCUT2D eigenvalue weighted by atomic mass is 10.0. The number of nitrogens with one attached hydrogen (secondary N) is 1. The summed E-state index contributed by atoms with van der Waals surface area (Å²) in [6, 6.07) is 4.60. The first kappa shape index (κ1) is 27.0. The van der Waals surface area contributed by atoms with Gasteiger partial charge in [-0.25, -0.2) is 0 Å². The molecule has 0 saturated carbocycles. The van der Waals surface area contributed by atoms with E-state index < -0.39 is 23.7 Å². The van der Waals surface area contributed by atoms with Gasteiger partial charge < -0.3 is 20.4 Å². The summed E-state index contributed by atoms with van der Waals surface area (Å²) in [6.45, 7) is 0.739. The standard InChI is InChI=1S/C23H39N3O5/c1-25(2)17-11-9-7-5-3-4-6-8-10-12-22(28)24-21(18-27)23(29)19-13-15-20(16-14-19)26(30)31/h13-16,21,23,27,29H,3-12,17-18H2,1-2H3,(H,24,28)/t21-,23-/m1/s1. The highest BCUT2D eigenvalue weighted by molar-refractivity contribution is 5.76. The van der Waals surface area contributed by atoms with Crippen molar-refractivity contribution in [2.24, 2.45) is 0 Å². The van der Waals surface area contributed by atoms with Crippen molar-refractivity contribution in [3.8, 4) is 0 Å². The van der Waals surface area contributed by atoms with Crippen molar-refractivity contribution in [3.63, 3.8) is 0 Å².